The summed E-state index contributed by atoms with van der Waals surface area (Å²) in [5.74, 6) is 0.640. The van der Waals surface area contributed by atoms with Crippen molar-refractivity contribution < 1.29 is 8.42 Å². The first kappa shape index (κ1) is 14.7. The molecule has 1 aromatic carbocycles. The first-order valence-corrected chi connectivity index (χ1v) is 9.03. The van der Waals surface area contributed by atoms with Crippen LogP contribution in [0.5, 0.6) is 0 Å². The van der Waals surface area contributed by atoms with Gasteiger partial charge in [0, 0.05) is 21.9 Å². The van der Waals surface area contributed by atoms with Crippen molar-refractivity contribution >= 4 is 27.5 Å². The summed E-state index contributed by atoms with van der Waals surface area (Å²) in [4.78, 5) is 0.938. The molecule has 0 radical (unpaired) electrons. The molecule has 1 aromatic rings. The first-order valence-electron chi connectivity index (χ1n) is 6.39. The summed E-state index contributed by atoms with van der Waals surface area (Å²) in [7, 11) is -3.19. The third-order valence-electron chi connectivity index (χ3n) is 3.39. The highest BCUT2D eigenvalue weighted by Gasteiger charge is 2.35. The van der Waals surface area contributed by atoms with Crippen LogP contribution >= 0.6 is 11.8 Å². The zero-order chi connectivity index (χ0) is 13.9. The lowest BCUT2D eigenvalue weighted by Gasteiger charge is -2.38. The molecule has 1 saturated carbocycles. The van der Waals surface area contributed by atoms with Crippen molar-refractivity contribution in [3.05, 3.63) is 24.3 Å². The Bertz CT molecular complexity index is 539. The number of nitrogens with two attached hydrogens (primary N) is 1. The molecule has 1 aliphatic carbocycles. The Morgan fingerprint density at radius 2 is 2.05 bits per heavy atom. The van der Waals surface area contributed by atoms with E-state index < -0.39 is 10.0 Å². The molecule has 6 heteroatoms. The number of anilines is 1. The molecule has 0 bridgehead atoms. The molecule has 19 heavy (non-hydrogen) atoms. The van der Waals surface area contributed by atoms with Gasteiger partial charge in [-0.15, -0.1) is 11.8 Å². The number of nitrogen functional groups attached to an aromatic ring is 1. The Kier molecular flexibility index (Phi) is 4.43. The summed E-state index contributed by atoms with van der Waals surface area (Å²) in [6.07, 6.45) is 2.98. The van der Waals surface area contributed by atoms with E-state index in [4.69, 9.17) is 5.73 Å². The second-order valence-electron chi connectivity index (χ2n) is 5.22. The molecule has 2 rings (SSSR count). The predicted molar refractivity (Wildman–Crippen MR) is 80.8 cm³/mol. The largest absolute Gasteiger partial charge is 0.398 e. The Morgan fingerprint density at radius 3 is 2.63 bits per heavy atom. The number of para-hydroxylation sites is 1. The second-order valence-corrected chi connectivity index (χ2v) is 8.20. The molecule has 1 fully saturated rings. The normalized spacial score (nSPS) is 17.9. The van der Waals surface area contributed by atoms with Crippen LogP contribution in [0.25, 0.3) is 0 Å². The number of hydrogen-bond acceptors (Lipinski definition) is 4. The van der Waals surface area contributed by atoms with Gasteiger partial charge < -0.3 is 5.73 Å². The van der Waals surface area contributed by atoms with Crippen LogP contribution in [0.1, 0.15) is 26.2 Å². The van der Waals surface area contributed by atoms with Gasteiger partial charge in [-0.05, 0) is 38.3 Å². The monoisotopic (exact) mass is 300 g/mol. The Morgan fingerprint density at radius 1 is 1.37 bits per heavy atom. The predicted octanol–water partition coefficient (Wildman–Crippen LogP) is 2.22. The molecule has 0 aliphatic heterocycles. The summed E-state index contributed by atoms with van der Waals surface area (Å²) in [6.45, 7) is 1.97. The number of hydrogen-bond donors (Lipinski definition) is 2. The smallest absolute Gasteiger partial charge is 0.212 e. The van der Waals surface area contributed by atoms with Gasteiger partial charge in [-0.2, -0.15) is 0 Å². The van der Waals surface area contributed by atoms with Crippen LogP contribution in [-0.2, 0) is 10.0 Å². The van der Waals surface area contributed by atoms with Gasteiger partial charge in [0.05, 0.1) is 5.75 Å². The van der Waals surface area contributed by atoms with E-state index in [1.54, 1.807) is 0 Å². The fourth-order valence-electron chi connectivity index (χ4n) is 2.11. The Balaban J connectivity index is 1.83. The lowest BCUT2D eigenvalue weighted by molar-refractivity contribution is 0.248. The van der Waals surface area contributed by atoms with Crippen molar-refractivity contribution in [2.45, 2.75) is 36.6 Å². The highest BCUT2D eigenvalue weighted by atomic mass is 32.2. The molecule has 0 amide bonds. The van der Waals surface area contributed by atoms with E-state index in [0.29, 0.717) is 11.4 Å². The molecular weight excluding hydrogens is 280 g/mol. The number of benzene rings is 1. The molecule has 0 spiro atoms. The summed E-state index contributed by atoms with van der Waals surface area (Å²) < 4.78 is 26.7. The van der Waals surface area contributed by atoms with Crippen LogP contribution in [-0.4, -0.2) is 25.5 Å². The van der Waals surface area contributed by atoms with Gasteiger partial charge in [-0.1, -0.05) is 12.1 Å². The molecule has 106 valence electrons. The van der Waals surface area contributed by atoms with Gasteiger partial charge in [-0.3, -0.25) is 0 Å². The van der Waals surface area contributed by atoms with E-state index in [1.165, 1.54) is 11.8 Å². The van der Waals surface area contributed by atoms with Gasteiger partial charge in [-0.25, -0.2) is 13.1 Å². The summed E-state index contributed by atoms with van der Waals surface area (Å²) in [5.41, 5.74) is 6.30. The SMILES string of the molecule is CC1(NS(=O)(=O)CCSc2ccccc2N)CCC1. The molecule has 0 heterocycles. The van der Waals surface area contributed by atoms with Crippen molar-refractivity contribution in [3.8, 4) is 0 Å². The van der Waals surface area contributed by atoms with Crippen molar-refractivity contribution in [3.63, 3.8) is 0 Å². The fourth-order valence-corrected chi connectivity index (χ4v) is 5.01. The standard InChI is InChI=1S/C13H20N2O2S2/c1-13(7-4-8-13)15-19(16,17)10-9-18-12-6-3-2-5-11(12)14/h2-3,5-6,15H,4,7-10,14H2,1H3. The number of thioether (sulfide) groups is 1. The van der Waals surface area contributed by atoms with Crippen LogP contribution in [0, 0.1) is 0 Å². The third-order valence-corrected chi connectivity index (χ3v) is 6.28. The Hall–Kier alpha value is -0.720. The summed E-state index contributed by atoms with van der Waals surface area (Å²) in [6, 6.07) is 7.51. The van der Waals surface area contributed by atoms with E-state index in [9.17, 15) is 8.42 Å². The lowest BCUT2D eigenvalue weighted by Crippen LogP contribution is -2.51. The zero-order valence-corrected chi connectivity index (χ0v) is 12.7. The average molecular weight is 300 g/mol. The van der Waals surface area contributed by atoms with Gasteiger partial charge in [0.25, 0.3) is 0 Å². The summed E-state index contributed by atoms with van der Waals surface area (Å²) in [5, 5.41) is 0. The topological polar surface area (TPSA) is 72.2 Å². The minimum absolute atomic E-state index is 0.127. The van der Waals surface area contributed by atoms with Gasteiger partial charge in [0.1, 0.15) is 0 Å². The van der Waals surface area contributed by atoms with E-state index >= 15 is 0 Å². The highest BCUT2D eigenvalue weighted by Crippen LogP contribution is 2.32. The molecular formula is C13H20N2O2S2. The molecule has 3 N–H and O–H groups in total. The minimum atomic E-state index is -3.19. The number of rotatable bonds is 6. The highest BCUT2D eigenvalue weighted by molar-refractivity contribution is 8.00. The maximum Gasteiger partial charge on any atom is 0.212 e. The van der Waals surface area contributed by atoms with Crippen molar-refractivity contribution in [1.82, 2.24) is 4.72 Å². The molecule has 0 atom stereocenters. The third kappa shape index (κ3) is 4.12. The van der Waals surface area contributed by atoms with Crippen LogP contribution in [0.15, 0.2) is 29.2 Å². The van der Waals surface area contributed by atoms with Crippen molar-refractivity contribution in [2.75, 3.05) is 17.2 Å². The molecule has 4 nitrogen and oxygen atoms in total. The maximum absolute atomic E-state index is 12.0. The van der Waals surface area contributed by atoms with E-state index in [0.717, 1.165) is 24.2 Å². The molecule has 1 aliphatic rings. The number of sulfonamides is 1. The van der Waals surface area contributed by atoms with Crippen LogP contribution in [0.2, 0.25) is 0 Å². The average Bonchev–Trinajstić information content (AvgIpc) is 2.29. The molecule has 0 saturated heterocycles. The first-order chi connectivity index (χ1) is 8.90. The lowest BCUT2D eigenvalue weighted by atomic mass is 9.80. The minimum Gasteiger partial charge on any atom is -0.398 e. The van der Waals surface area contributed by atoms with Crippen LogP contribution in [0.3, 0.4) is 0 Å². The Labute approximate surface area is 119 Å². The maximum atomic E-state index is 12.0. The van der Waals surface area contributed by atoms with Gasteiger partial charge in [0.15, 0.2) is 0 Å². The van der Waals surface area contributed by atoms with E-state index in [1.807, 2.05) is 31.2 Å². The van der Waals surface area contributed by atoms with E-state index in [-0.39, 0.29) is 11.3 Å². The van der Waals surface area contributed by atoms with E-state index in [2.05, 4.69) is 4.72 Å². The van der Waals surface area contributed by atoms with Crippen LogP contribution in [0.4, 0.5) is 5.69 Å². The zero-order valence-electron chi connectivity index (χ0n) is 11.1. The van der Waals surface area contributed by atoms with Gasteiger partial charge in [0.2, 0.25) is 10.0 Å². The molecule has 0 unspecified atom stereocenters. The van der Waals surface area contributed by atoms with Crippen molar-refractivity contribution in [2.24, 2.45) is 0 Å². The van der Waals surface area contributed by atoms with Crippen LogP contribution < -0.4 is 10.5 Å². The number of nitrogens with one attached hydrogen (secondary N) is 1. The van der Waals surface area contributed by atoms with Crippen molar-refractivity contribution in [1.29, 1.82) is 0 Å². The second kappa shape index (κ2) is 5.73. The summed E-state index contributed by atoms with van der Waals surface area (Å²) >= 11 is 1.48. The fraction of sp³-hybridized carbons (Fsp3) is 0.538. The quantitative estimate of drug-likeness (QED) is 0.624. The van der Waals surface area contributed by atoms with Gasteiger partial charge >= 0.3 is 0 Å². The molecule has 0 aromatic heterocycles.